The molecule has 0 radical (unpaired) electrons. The van der Waals surface area contributed by atoms with Crippen molar-refractivity contribution in [2.75, 3.05) is 13.6 Å². The number of thiophene rings is 1. The maximum atomic E-state index is 11.2. The van der Waals surface area contributed by atoms with Gasteiger partial charge in [0, 0.05) is 17.8 Å². The molecule has 0 saturated carbocycles. The number of hydrogen-bond acceptors (Lipinski definition) is 3. The van der Waals surface area contributed by atoms with E-state index in [0.717, 1.165) is 9.21 Å². The van der Waals surface area contributed by atoms with Crippen molar-refractivity contribution in [2.24, 2.45) is 0 Å². The lowest BCUT2D eigenvalue weighted by atomic mass is 10.4. The Balaban J connectivity index is 0.00000196. The van der Waals surface area contributed by atoms with Crippen LogP contribution in [0.2, 0.25) is 4.34 Å². The van der Waals surface area contributed by atoms with Gasteiger partial charge in [-0.1, -0.05) is 11.6 Å². The third-order valence-electron chi connectivity index (χ3n) is 1.69. The molecule has 0 unspecified atom stereocenters. The Hall–Kier alpha value is -0.290. The van der Waals surface area contributed by atoms with Crippen LogP contribution in [0, 0.1) is 0 Å². The number of nitrogens with one attached hydrogen (secondary N) is 2. The molecule has 0 aliphatic heterocycles. The zero-order valence-electron chi connectivity index (χ0n) is 8.38. The molecule has 0 bridgehead atoms. The minimum absolute atomic E-state index is 0. The lowest BCUT2D eigenvalue weighted by molar-refractivity contribution is -0.121. The molecule has 1 aromatic heterocycles. The zero-order valence-corrected chi connectivity index (χ0v) is 10.8. The van der Waals surface area contributed by atoms with Gasteiger partial charge in [-0.25, -0.2) is 0 Å². The van der Waals surface area contributed by atoms with E-state index in [0.29, 0.717) is 19.5 Å². The molecule has 0 saturated heterocycles. The van der Waals surface area contributed by atoms with E-state index in [1.807, 2.05) is 19.2 Å². The van der Waals surface area contributed by atoms with Crippen molar-refractivity contribution in [1.29, 1.82) is 0 Å². The Morgan fingerprint density at radius 3 is 2.80 bits per heavy atom. The van der Waals surface area contributed by atoms with Crippen LogP contribution in [-0.2, 0) is 11.3 Å². The average molecular weight is 269 g/mol. The van der Waals surface area contributed by atoms with E-state index < -0.39 is 0 Å². The highest BCUT2D eigenvalue weighted by Gasteiger charge is 2.01. The van der Waals surface area contributed by atoms with E-state index in [9.17, 15) is 4.79 Å². The minimum Gasteiger partial charge on any atom is -0.351 e. The number of halogens is 2. The first-order chi connectivity index (χ1) is 6.72. The predicted molar refractivity (Wildman–Crippen MR) is 67.0 cm³/mol. The van der Waals surface area contributed by atoms with Gasteiger partial charge in [-0.15, -0.1) is 23.7 Å². The van der Waals surface area contributed by atoms with Crippen LogP contribution in [-0.4, -0.2) is 19.5 Å². The molecule has 1 amide bonds. The van der Waals surface area contributed by atoms with Crippen LogP contribution in [0.4, 0.5) is 0 Å². The Morgan fingerprint density at radius 2 is 2.27 bits per heavy atom. The number of rotatable bonds is 5. The number of hydrogen-bond donors (Lipinski definition) is 2. The summed E-state index contributed by atoms with van der Waals surface area (Å²) in [5.74, 6) is 0.0591. The summed E-state index contributed by atoms with van der Waals surface area (Å²) in [7, 11) is 1.83. The fraction of sp³-hybridized carbons (Fsp3) is 0.444. The molecule has 2 N–H and O–H groups in total. The molecule has 0 aliphatic carbocycles. The summed E-state index contributed by atoms with van der Waals surface area (Å²) >= 11 is 7.24. The molecule has 0 fully saturated rings. The van der Waals surface area contributed by atoms with Crippen LogP contribution in [0.15, 0.2) is 12.1 Å². The molecule has 1 rings (SSSR count). The van der Waals surface area contributed by atoms with Gasteiger partial charge in [0.05, 0.1) is 10.9 Å². The lowest BCUT2D eigenvalue weighted by Gasteiger charge is -2.02. The van der Waals surface area contributed by atoms with Crippen molar-refractivity contribution in [2.45, 2.75) is 13.0 Å². The van der Waals surface area contributed by atoms with Gasteiger partial charge in [0.2, 0.25) is 5.91 Å². The van der Waals surface area contributed by atoms with Crippen LogP contribution in [0.1, 0.15) is 11.3 Å². The summed E-state index contributed by atoms with van der Waals surface area (Å²) in [6.07, 6.45) is 0.510. The molecule has 3 nitrogen and oxygen atoms in total. The standard InChI is InChI=1S/C9H13ClN2OS.ClH/c1-11-5-4-9(13)12-6-7-2-3-8(10)14-7;/h2-3,11H,4-6H2,1H3,(H,12,13);1H. The summed E-state index contributed by atoms with van der Waals surface area (Å²) in [6.45, 7) is 1.27. The van der Waals surface area contributed by atoms with E-state index >= 15 is 0 Å². The van der Waals surface area contributed by atoms with Gasteiger partial charge in [0.25, 0.3) is 0 Å². The molecule has 1 heterocycles. The summed E-state index contributed by atoms with van der Waals surface area (Å²) < 4.78 is 0.754. The van der Waals surface area contributed by atoms with Crippen LogP contribution in [0.3, 0.4) is 0 Å². The minimum atomic E-state index is 0. The molecule has 0 spiro atoms. The van der Waals surface area contributed by atoms with Crippen molar-refractivity contribution < 1.29 is 4.79 Å². The van der Waals surface area contributed by atoms with Crippen molar-refractivity contribution in [1.82, 2.24) is 10.6 Å². The van der Waals surface area contributed by atoms with E-state index in [1.54, 1.807) is 0 Å². The van der Waals surface area contributed by atoms with Crippen LogP contribution in [0.5, 0.6) is 0 Å². The SMILES string of the molecule is CNCCC(=O)NCc1ccc(Cl)s1.Cl. The van der Waals surface area contributed by atoms with Gasteiger partial charge in [-0.3, -0.25) is 4.79 Å². The van der Waals surface area contributed by atoms with Gasteiger partial charge < -0.3 is 10.6 Å². The fourth-order valence-electron chi connectivity index (χ4n) is 0.959. The molecular formula is C9H14Cl2N2OS. The van der Waals surface area contributed by atoms with E-state index in [1.165, 1.54) is 11.3 Å². The zero-order chi connectivity index (χ0) is 10.4. The number of carbonyl (C=O) groups excluding carboxylic acids is 1. The second kappa shape index (κ2) is 7.93. The number of carbonyl (C=O) groups is 1. The Morgan fingerprint density at radius 1 is 1.53 bits per heavy atom. The third kappa shape index (κ3) is 5.99. The molecule has 6 heteroatoms. The largest absolute Gasteiger partial charge is 0.351 e. The van der Waals surface area contributed by atoms with Gasteiger partial charge in [0.15, 0.2) is 0 Å². The maximum Gasteiger partial charge on any atom is 0.221 e. The van der Waals surface area contributed by atoms with E-state index in [4.69, 9.17) is 11.6 Å². The monoisotopic (exact) mass is 268 g/mol. The fourth-order valence-corrected chi connectivity index (χ4v) is 1.99. The van der Waals surface area contributed by atoms with Gasteiger partial charge in [0.1, 0.15) is 0 Å². The normalized spacial score (nSPS) is 9.47. The first-order valence-corrected chi connectivity index (χ1v) is 5.57. The predicted octanol–water partition coefficient (Wildman–Crippen LogP) is 2.05. The highest BCUT2D eigenvalue weighted by molar-refractivity contribution is 7.16. The second-order valence-electron chi connectivity index (χ2n) is 2.84. The molecular weight excluding hydrogens is 255 g/mol. The second-order valence-corrected chi connectivity index (χ2v) is 4.64. The smallest absolute Gasteiger partial charge is 0.221 e. The highest BCUT2D eigenvalue weighted by Crippen LogP contribution is 2.20. The van der Waals surface area contributed by atoms with E-state index in [-0.39, 0.29) is 18.3 Å². The summed E-state index contributed by atoms with van der Waals surface area (Å²) in [5.41, 5.74) is 0. The molecule has 0 aromatic carbocycles. The highest BCUT2D eigenvalue weighted by atomic mass is 35.5. The Bertz CT molecular complexity index is 304. The van der Waals surface area contributed by atoms with Crippen LogP contribution in [0.25, 0.3) is 0 Å². The first-order valence-electron chi connectivity index (χ1n) is 4.38. The molecule has 15 heavy (non-hydrogen) atoms. The Kier molecular flexibility index (Phi) is 7.78. The van der Waals surface area contributed by atoms with Gasteiger partial charge in [-0.05, 0) is 19.2 Å². The first kappa shape index (κ1) is 14.7. The molecule has 0 atom stereocenters. The van der Waals surface area contributed by atoms with Crippen LogP contribution >= 0.6 is 35.3 Å². The maximum absolute atomic E-state index is 11.2. The van der Waals surface area contributed by atoms with Crippen molar-refractivity contribution >= 4 is 41.3 Å². The molecule has 1 aromatic rings. The summed E-state index contributed by atoms with van der Waals surface area (Å²) in [6, 6.07) is 3.76. The van der Waals surface area contributed by atoms with Gasteiger partial charge >= 0.3 is 0 Å². The summed E-state index contributed by atoms with van der Waals surface area (Å²) in [4.78, 5) is 12.3. The third-order valence-corrected chi connectivity index (χ3v) is 2.92. The van der Waals surface area contributed by atoms with Crippen molar-refractivity contribution in [3.05, 3.63) is 21.3 Å². The molecule has 86 valence electrons. The van der Waals surface area contributed by atoms with Crippen LogP contribution < -0.4 is 10.6 Å². The molecule has 0 aliphatic rings. The van der Waals surface area contributed by atoms with E-state index in [2.05, 4.69) is 10.6 Å². The summed E-state index contributed by atoms with van der Waals surface area (Å²) in [5, 5.41) is 5.74. The van der Waals surface area contributed by atoms with Gasteiger partial charge in [-0.2, -0.15) is 0 Å². The topological polar surface area (TPSA) is 41.1 Å². The quantitative estimate of drug-likeness (QED) is 0.859. The van der Waals surface area contributed by atoms with Crippen molar-refractivity contribution in [3.63, 3.8) is 0 Å². The lowest BCUT2D eigenvalue weighted by Crippen LogP contribution is -2.25. The Labute approximate surface area is 105 Å². The van der Waals surface area contributed by atoms with Crippen molar-refractivity contribution in [3.8, 4) is 0 Å². The number of amides is 1. The average Bonchev–Trinajstić information content (AvgIpc) is 2.58.